The van der Waals surface area contributed by atoms with Crippen LogP contribution in [0, 0.1) is 0 Å². The number of benzene rings is 1. The van der Waals surface area contributed by atoms with Crippen molar-refractivity contribution in [1.82, 2.24) is 4.31 Å². The van der Waals surface area contributed by atoms with Crippen molar-refractivity contribution < 1.29 is 13.2 Å². The number of sulfonamides is 1. The summed E-state index contributed by atoms with van der Waals surface area (Å²) in [4.78, 5) is 14.9. The highest BCUT2D eigenvalue weighted by Gasteiger charge is 2.40. The molecule has 1 aromatic carbocycles. The molecule has 8 heteroatoms. The topological polar surface area (TPSA) is 57.7 Å². The first kappa shape index (κ1) is 18.2. The molecule has 2 aliphatic heterocycles. The van der Waals surface area contributed by atoms with Gasteiger partial charge in [0, 0.05) is 29.4 Å². The highest BCUT2D eigenvalue weighted by Crippen LogP contribution is 2.43. The fraction of sp³-hybridized carbons (Fsp3) is 0.389. The van der Waals surface area contributed by atoms with E-state index in [-0.39, 0.29) is 16.8 Å². The summed E-state index contributed by atoms with van der Waals surface area (Å²) in [7, 11) is -3.71. The summed E-state index contributed by atoms with van der Waals surface area (Å²) in [6.45, 7) is 2.52. The van der Waals surface area contributed by atoms with Crippen LogP contribution in [0.1, 0.15) is 36.2 Å². The molecule has 0 N–H and O–H groups in total. The molecule has 0 spiro atoms. The SMILES string of the molecule is CC(=O)N1CCc2cc(Br)cc(S(=O)(=O)N3CCCC3c3cccs3)c21. The monoisotopic (exact) mass is 454 g/mol. The number of carbonyl (C=O) groups excluding carboxylic acids is 1. The van der Waals surface area contributed by atoms with Gasteiger partial charge in [-0.3, -0.25) is 4.79 Å². The lowest BCUT2D eigenvalue weighted by Gasteiger charge is -2.26. The van der Waals surface area contributed by atoms with Gasteiger partial charge in [-0.2, -0.15) is 4.31 Å². The average Bonchev–Trinajstić information content (AvgIpc) is 3.32. The van der Waals surface area contributed by atoms with E-state index in [9.17, 15) is 13.2 Å². The van der Waals surface area contributed by atoms with Crippen molar-refractivity contribution in [2.24, 2.45) is 0 Å². The smallest absolute Gasteiger partial charge is 0.245 e. The van der Waals surface area contributed by atoms with Crippen LogP contribution >= 0.6 is 27.3 Å². The molecule has 0 bridgehead atoms. The molecule has 138 valence electrons. The Bertz CT molecular complexity index is 957. The number of hydrogen-bond acceptors (Lipinski definition) is 4. The van der Waals surface area contributed by atoms with E-state index in [0.29, 0.717) is 25.2 Å². The van der Waals surface area contributed by atoms with Gasteiger partial charge >= 0.3 is 0 Å². The molecular weight excluding hydrogens is 436 g/mol. The maximum absolute atomic E-state index is 13.6. The van der Waals surface area contributed by atoms with Gasteiger partial charge in [-0.05, 0) is 48.4 Å². The zero-order chi connectivity index (χ0) is 18.5. The minimum Gasteiger partial charge on any atom is -0.311 e. The summed E-state index contributed by atoms with van der Waals surface area (Å²) in [6, 6.07) is 7.38. The predicted molar refractivity (Wildman–Crippen MR) is 106 cm³/mol. The zero-order valence-electron chi connectivity index (χ0n) is 14.3. The number of fused-ring (bicyclic) bond motifs is 1. The molecule has 0 aliphatic carbocycles. The van der Waals surface area contributed by atoms with Crippen molar-refractivity contribution in [3.05, 3.63) is 44.6 Å². The van der Waals surface area contributed by atoms with Gasteiger partial charge in [0.25, 0.3) is 0 Å². The Labute approximate surface area is 165 Å². The van der Waals surface area contributed by atoms with Crippen LogP contribution in [0.2, 0.25) is 0 Å². The largest absolute Gasteiger partial charge is 0.311 e. The van der Waals surface area contributed by atoms with Gasteiger partial charge in [-0.1, -0.05) is 22.0 Å². The van der Waals surface area contributed by atoms with E-state index < -0.39 is 10.0 Å². The second-order valence-corrected chi connectivity index (χ2v) is 10.4. The van der Waals surface area contributed by atoms with E-state index in [4.69, 9.17) is 0 Å². The fourth-order valence-corrected chi connectivity index (χ4v) is 7.43. The van der Waals surface area contributed by atoms with Crippen molar-refractivity contribution in [2.45, 2.75) is 37.1 Å². The van der Waals surface area contributed by atoms with Gasteiger partial charge in [0.15, 0.2) is 0 Å². The van der Waals surface area contributed by atoms with E-state index in [0.717, 1.165) is 27.8 Å². The third-order valence-corrected chi connectivity index (χ3v) is 8.39. The summed E-state index contributed by atoms with van der Waals surface area (Å²) in [5.74, 6) is -0.126. The van der Waals surface area contributed by atoms with Gasteiger partial charge < -0.3 is 4.90 Å². The van der Waals surface area contributed by atoms with Crippen molar-refractivity contribution in [2.75, 3.05) is 18.0 Å². The first-order chi connectivity index (χ1) is 12.4. The summed E-state index contributed by atoms with van der Waals surface area (Å²) in [5, 5.41) is 1.98. The van der Waals surface area contributed by atoms with Gasteiger partial charge in [0.05, 0.1) is 11.7 Å². The Morgan fingerprint density at radius 2 is 2.12 bits per heavy atom. The lowest BCUT2D eigenvalue weighted by molar-refractivity contribution is -0.116. The quantitative estimate of drug-likeness (QED) is 0.705. The van der Waals surface area contributed by atoms with Gasteiger partial charge in [-0.25, -0.2) is 8.42 Å². The Balaban J connectivity index is 1.83. The second kappa shape index (κ2) is 6.74. The van der Waals surface area contributed by atoms with Crippen LogP contribution in [-0.4, -0.2) is 31.7 Å². The Morgan fingerprint density at radius 1 is 1.31 bits per heavy atom. The third kappa shape index (κ3) is 2.93. The number of carbonyl (C=O) groups is 1. The van der Waals surface area contributed by atoms with Crippen molar-refractivity contribution in [1.29, 1.82) is 0 Å². The molecule has 26 heavy (non-hydrogen) atoms. The first-order valence-corrected chi connectivity index (χ1v) is 11.7. The second-order valence-electron chi connectivity index (χ2n) is 6.62. The van der Waals surface area contributed by atoms with Crippen LogP contribution in [-0.2, 0) is 21.2 Å². The molecule has 2 aliphatic rings. The molecule has 1 unspecified atom stereocenters. The first-order valence-electron chi connectivity index (χ1n) is 8.55. The van der Waals surface area contributed by atoms with Gasteiger partial charge in [0.2, 0.25) is 15.9 Å². The number of anilines is 1. The molecule has 4 rings (SSSR count). The highest BCUT2D eigenvalue weighted by molar-refractivity contribution is 9.10. The van der Waals surface area contributed by atoms with Crippen LogP contribution < -0.4 is 4.90 Å². The van der Waals surface area contributed by atoms with E-state index in [1.54, 1.807) is 26.6 Å². The minimum absolute atomic E-state index is 0.123. The lowest BCUT2D eigenvalue weighted by Crippen LogP contribution is -2.33. The van der Waals surface area contributed by atoms with Crippen LogP contribution in [0.4, 0.5) is 5.69 Å². The molecule has 1 fully saturated rings. The van der Waals surface area contributed by atoms with E-state index in [1.807, 2.05) is 23.6 Å². The molecule has 2 aromatic rings. The van der Waals surface area contributed by atoms with Crippen LogP contribution in [0.15, 0.2) is 39.0 Å². The summed E-state index contributed by atoms with van der Waals surface area (Å²) in [6.07, 6.45) is 2.34. The van der Waals surface area contributed by atoms with E-state index in [2.05, 4.69) is 15.9 Å². The molecule has 1 amide bonds. The Hall–Kier alpha value is -1.22. The molecule has 5 nitrogen and oxygen atoms in total. The standard InChI is InChI=1S/C18H19BrN2O3S2/c1-12(22)20-8-6-13-10-14(19)11-17(18(13)20)26(23,24)21-7-2-4-15(21)16-5-3-9-25-16/h3,5,9-11,15H,2,4,6-8H2,1H3. The Morgan fingerprint density at radius 3 is 2.81 bits per heavy atom. The average molecular weight is 455 g/mol. The van der Waals surface area contributed by atoms with E-state index in [1.165, 1.54) is 6.92 Å². The molecule has 1 atom stereocenters. The zero-order valence-corrected chi connectivity index (χ0v) is 17.5. The summed E-state index contributed by atoms with van der Waals surface area (Å²) in [5.41, 5.74) is 1.46. The third-order valence-electron chi connectivity index (χ3n) is 5.04. The number of halogens is 1. The molecule has 0 saturated carbocycles. The molecule has 1 saturated heterocycles. The van der Waals surface area contributed by atoms with Crippen molar-refractivity contribution in [3.8, 4) is 0 Å². The van der Waals surface area contributed by atoms with Gasteiger partial charge in [-0.15, -0.1) is 11.3 Å². The summed E-state index contributed by atoms with van der Waals surface area (Å²) >= 11 is 5.03. The fourth-order valence-electron chi connectivity index (χ4n) is 3.90. The van der Waals surface area contributed by atoms with Crippen LogP contribution in [0.3, 0.4) is 0 Å². The number of thiophene rings is 1. The van der Waals surface area contributed by atoms with E-state index >= 15 is 0 Å². The van der Waals surface area contributed by atoms with Crippen molar-refractivity contribution >= 4 is 48.9 Å². The number of rotatable bonds is 3. The summed E-state index contributed by atoms with van der Waals surface area (Å²) < 4.78 is 29.5. The van der Waals surface area contributed by atoms with Crippen LogP contribution in [0.5, 0.6) is 0 Å². The number of hydrogen-bond donors (Lipinski definition) is 0. The molecule has 0 radical (unpaired) electrons. The maximum atomic E-state index is 13.6. The molecule has 3 heterocycles. The number of nitrogens with zero attached hydrogens (tertiary/aromatic N) is 2. The normalized spacial score (nSPS) is 20.5. The minimum atomic E-state index is -3.71. The molecular formula is C18H19BrN2O3S2. The maximum Gasteiger partial charge on any atom is 0.245 e. The molecule has 1 aromatic heterocycles. The predicted octanol–water partition coefficient (Wildman–Crippen LogP) is 3.95. The number of amides is 1. The Kier molecular flexibility index (Phi) is 4.71. The highest BCUT2D eigenvalue weighted by atomic mass is 79.9. The van der Waals surface area contributed by atoms with Crippen molar-refractivity contribution in [3.63, 3.8) is 0 Å². The lowest BCUT2D eigenvalue weighted by atomic mass is 10.2. The van der Waals surface area contributed by atoms with Crippen LogP contribution in [0.25, 0.3) is 0 Å². The van der Waals surface area contributed by atoms with Gasteiger partial charge in [0.1, 0.15) is 4.90 Å².